The molecule has 0 aliphatic carbocycles. The van der Waals surface area contributed by atoms with Crippen LogP contribution in [0.5, 0.6) is 0 Å². The Labute approximate surface area is 117 Å². The summed E-state index contributed by atoms with van der Waals surface area (Å²) in [5.74, 6) is 2.55. The number of aromatic amines is 1. The van der Waals surface area contributed by atoms with Crippen LogP contribution < -0.4 is 5.73 Å². The summed E-state index contributed by atoms with van der Waals surface area (Å²) in [5.41, 5.74) is 8.19. The SMILES string of the molecule is Cc1ccc(-c2cnc(CC(N)c3ccccc3)[nH]2)o1. The van der Waals surface area contributed by atoms with Gasteiger partial charge in [0.1, 0.15) is 17.3 Å². The van der Waals surface area contributed by atoms with Gasteiger partial charge >= 0.3 is 0 Å². The smallest absolute Gasteiger partial charge is 0.152 e. The molecule has 0 bridgehead atoms. The highest BCUT2D eigenvalue weighted by molar-refractivity contribution is 5.51. The number of rotatable bonds is 4. The molecule has 0 fully saturated rings. The van der Waals surface area contributed by atoms with Gasteiger partial charge in [-0.15, -0.1) is 0 Å². The predicted molar refractivity (Wildman–Crippen MR) is 78.1 cm³/mol. The summed E-state index contributed by atoms with van der Waals surface area (Å²) in [6.07, 6.45) is 2.45. The predicted octanol–water partition coefficient (Wildman–Crippen LogP) is 3.22. The van der Waals surface area contributed by atoms with Gasteiger partial charge in [0.15, 0.2) is 5.76 Å². The fraction of sp³-hybridized carbons (Fsp3) is 0.188. The van der Waals surface area contributed by atoms with Gasteiger partial charge in [0.05, 0.1) is 6.20 Å². The lowest BCUT2D eigenvalue weighted by Crippen LogP contribution is -2.13. The van der Waals surface area contributed by atoms with Crippen LogP contribution >= 0.6 is 0 Å². The Hall–Kier alpha value is -2.33. The van der Waals surface area contributed by atoms with Crippen molar-refractivity contribution in [3.8, 4) is 11.5 Å². The summed E-state index contributed by atoms with van der Waals surface area (Å²) in [7, 11) is 0. The lowest BCUT2D eigenvalue weighted by atomic mass is 10.0. The van der Waals surface area contributed by atoms with Crippen LogP contribution in [0, 0.1) is 6.92 Å². The molecule has 0 amide bonds. The first kappa shape index (κ1) is 12.7. The summed E-state index contributed by atoms with van der Waals surface area (Å²) in [5, 5.41) is 0. The van der Waals surface area contributed by atoms with Gasteiger partial charge in [-0.25, -0.2) is 4.98 Å². The molecule has 0 saturated heterocycles. The molecule has 20 heavy (non-hydrogen) atoms. The molecule has 3 rings (SSSR count). The Morgan fingerprint density at radius 1 is 1.20 bits per heavy atom. The highest BCUT2D eigenvalue weighted by Gasteiger charge is 2.11. The maximum absolute atomic E-state index is 6.20. The minimum atomic E-state index is -0.0615. The Kier molecular flexibility index (Phi) is 3.39. The Morgan fingerprint density at radius 2 is 2.00 bits per heavy atom. The zero-order chi connectivity index (χ0) is 13.9. The van der Waals surface area contributed by atoms with Crippen molar-refractivity contribution in [1.82, 2.24) is 9.97 Å². The van der Waals surface area contributed by atoms with E-state index in [-0.39, 0.29) is 6.04 Å². The molecule has 4 nitrogen and oxygen atoms in total. The van der Waals surface area contributed by atoms with Gasteiger partial charge in [0.25, 0.3) is 0 Å². The van der Waals surface area contributed by atoms with Crippen molar-refractivity contribution in [2.24, 2.45) is 5.73 Å². The van der Waals surface area contributed by atoms with Crippen LogP contribution in [-0.4, -0.2) is 9.97 Å². The third kappa shape index (κ3) is 2.65. The largest absolute Gasteiger partial charge is 0.460 e. The van der Waals surface area contributed by atoms with Crippen LogP contribution in [0.1, 0.15) is 23.2 Å². The van der Waals surface area contributed by atoms with Crippen LogP contribution in [0.3, 0.4) is 0 Å². The van der Waals surface area contributed by atoms with Crippen molar-refractivity contribution in [1.29, 1.82) is 0 Å². The summed E-state index contributed by atoms with van der Waals surface area (Å²) in [6.45, 7) is 1.92. The molecule has 0 aliphatic heterocycles. The number of H-pyrrole nitrogens is 1. The van der Waals surface area contributed by atoms with Crippen molar-refractivity contribution in [2.75, 3.05) is 0 Å². The van der Waals surface area contributed by atoms with Crippen molar-refractivity contribution >= 4 is 0 Å². The van der Waals surface area contributed by atoms with Crippen molar-refractivity contribution in [3.05, 3.63) is 65.8 Å². The Bertz CT molecular complexity index is 685. The van der Waals surface area contributed by atoms with Gasteiger partial charge in [0.2, 0.25) is 0 Å². The molecule has 2 heterocycles. The average Bonchev–Trinajstić information content (AvgIpc) is 3.09. The lowest BCUT2D eigenvalue weighted by Gasteiger charge is -2.09. The van der Waals surface area contributed by atoms with Gasteiger partial charge in [-0.05, 0) is 24.6 Å². The summed E-state index contributed by atoms with van der Waals surface area (Å²) in [4.78, 5) is 7.63. The molecule has 0 aliphatic rings. The molecular weight excluding hydrogens is 250 g/mol. The summed E-state index contributed by atoms with van der Waals surface area (Å²) in [6, 6.07) is 13.8. The van der Waals surface area contributed by atoms with E-state index in [1.54, 1.807) is 6.20 Å². The molecule has 0 spiro atoms. The highest BCUT2D eigenvalue weighted by atomic mass is 16.3. The Balaban J connectivity index is 1.74. The third-order valence-corrected chi connectivity index (χ3v) is 3.28. The van der Waals surface area contributed by atoms with E-state index in [2.05, 4.69) is 9.97 Å². The van der Waals surface area contributed by atoms with Crippen LogP contribution in [-0.2, 0) is 6.42 Å². The van der Waals surface area contributed by atoms with Crippen LogP contribution in [0.25, 0.3) is 11.5 Å². The number of nitrogens with one attached hydrogen (secondary N) is 1. The zero-order valence-corrected chi connectivity index (χ0v) is 11.3. The molecule has 1 atom stereocenters. The normalized spacial score (nSPS) is 12.5. The zero-order valence-electron chi connectivity index (χ0n) is 11.3. The molecule has 0 saturated carbocycles. The molecule has 2 aromatic heterocycles. The monoisotopic (exact) mass is 267 g/mol. The average molecular weight is 267 g/mol. The van der Waals surface area contributed by atoms with Gasteiger partial charge < -0.3 is 15.1 Å². The van der Waals surface area contributed by atoms with Gasteiger partial charge in [-0.3, -0.25) is 0 Å². The molecule has 1 unspecified atom stereocenters. The molecule has 4 heteroatoms. The van der Waals surface area contributed by atoms with Gasteiger partial charge in [0, 0.05) is 12.5 Å². The fourth-order valence-corrected chi connectivity index (χ4v) is 2.20. The molecule has 3 aromatic rings. The minimum absolute atomic E-state index is 0.0615. The van der Waals surface area contributed by atoms with E-state index in [1.165, 1.54) is 0 Å². The number of aromatic nitrogens is 2. The number of benzene rings is 1. The number of hydrogen-bond donors (Lipinski definition) is 2. The van der Waals surface area contributed by atoms with E-state index < -0.39 is 0 Å². The quantitative estimate of drug-likeness (QED) is 0.762. The van der Waals surface area contributed by atoms with Gasteiger partial charge in [-0.2, -0.15) is 0 Å². The standard InChI is InChI=1S/C16H17N3O/c1-11-7-8-15(20-11)14-10-18-16(19-14)9-13(17)12-5-3-2-4-6-12/h2-8,10,13H,9,17H2,1H3,(H,18,19). The first-order valence-corrected chi connectivity index (χ1v) is 6.63. The number of nitrogens with two attached hydrogens (primary N) is 1. The van der Waals surface area contributed by atoms with Crippen LogP contribution in [0.15, 0.2) is 53.1 Å². The van der Waals surface area contributed by atoms with E-state index in [1.807, 2.05) is 49.4 Å². The van der Waals surface area contributed by atoms with E-state index in [9.17, 15) is 0 Å². The third-order valence-electron chi connectivity index (χ3n) is 3.28. The minimum Gasteiger partial charge on any atom is -0.460 e. The van der Waals surface area contributed by atoms with Gasteiger partial charge in [-0.1, -0.05) is 30.3 Å². The second-order valence-electron chi connectivity index (χ2n) is 4.88. The number of aryl methyl sites for hydroxylation is 1. The molecule has 1 aromatic carbocycles. The second kappa shape index (κ2) is 5.35. The number of hydrogen-bond acceptors (Lipinski definition) is 3. The maximum atomic E-state index is 6.20. The summed E-state index contributed by atoms with van der Waals surface area (Å²) < 4.78 is 5.57. The lowest BCUT2D eigenvalue weighted by molar-refractivity contribution is 0.546. The maximum Gasteiger partial charge on any atom is 0.152 e. The second-order valence-corrected chi connectivity index (χ2v) is 4.88. The highest BCUT2D eigenvalue weighted by Crippen LogP contribution is 2.21. The van der Waals surface area contributed by atoms with E-state index >= 15 is 0 Å². The fourth-order valence-electron chi connectivity index (χ4n) is 2.20. The molecule has 0 radical (unpaired) electrons. The number of imidazole rings is 1. The van der Waals surface area contributed by atoms with Crippen LogP contribution in [0.2, 0.25) is 0 Å². The van der Waals surface area contributed by atoms with Crippen molar-refractivity contribution < 1.29 is 4.42 Å². The first-order chi connectivity index (χ1) is 9.72. The van der Waals surface area contributed by atoms with Crippen LogP contribution in [0.4, 0.5) is 0 Å². The molecule has 3 N–H and O–H groups in total. The van der Waals surface area contributed by atoms with E-state index in [0.29, 0.717) is 6.42 Å². The topological polar surface area (TPSA) is 67.8 Å². The first-order valence-electron chi connectivity index (χ1n) is 6.63. The van der Waals surface area contributed by atoms with E-state index in [0.717, 1.165) is 28.6 Å². The number of nitrogens with zero attached hydrogens (tertiary/aromatic N) is 1. The Morgan fingerprint density at radius 3 is 2.70 bits per heavy atom. The molecular formula is C16H17N3O. The summed E-state index contributed by atoms with van der Waals surface area (Å²) >= 11 is 0. The molecule has 102 valence electrons. The number of furan rings is 1. The van der Waals surface area contributed by atoms with Crippen molar-refractivity contribution in [3.63, 3.8) is 0 Å². The van der Waals surface area contributed by atoms with E-state index in [4.69, 9.17) is 10.2 Å². The van der Waals surface area contributed by atoms with Crippen molar-refractivity contribution in [2.45, 2.75) is 19.4 Å².